The van der Waals surface area contributed by atoms with Crippen molar-refractivity contribution in [2.45, 2.75) is 57.2 Å². The molecule has 1 aliphatic carbocycles. The average molecular weight is 187 g/mol. The molecule has 0 amide bonds. The quantitative estimate of drug-likeness (QED) is 0.605. The third kappa shape index (κ3) is 2.66. The smallest absolute Gasteiger partial charge is 0.0662 e. The van der Waals surface area contributed by atoms with Crippen molar-refractivity contribution in [1.82, 2.24) is 5.32 Å². The van der Waals surface area contributed by atoms with Gasteiger partial charge in [0.2, 0.25) is 0 Å². The monoisotopic (exact) mass is 187 g/mol. The van der Waals surface area contributed by atoms with Crippen LogP contribution in [0.1, 0.15) is 39.5 Å². The number of aliphatic hydroxyl groups excluding tert-OH is 2. The fourth-order valence-electron chi connectivity index (χ4n) is 2.00. The summed E-state index contributed by atoms with van der Waals surface area (Å²) in [5.41, 5.74) is -0.115. The van der Waals surface area contributed by atoms with Gasteiger partial charge >= 0.3 is 0 Å². The molecule has 0 bridgehead atoms. The molecule has 0 radical (unpaired) electrons. The summed E-state index contributed by atoms with van der Waals surface area (Å²) >= 11 is 0. The van der Waals surface area contributed by atoms with Crippen LogP contribution in [-0.4, -0.2) is 34.5 Å². The van der Waals surface area contributed by atoms with Crippen LogP contribution < -0.4 is 5.32 Å². The molecule has 0 aromatic heterocycles. The molecule has 2 atom stereocenters. The topological polar surface area (TPSA) is 52.5 Å². The summed E-state index contributed by atoms with van der Waals surface area (Å²) in [6, 6.07) is 0.0604. The number of hydrogen-bond donors (Lipinski definition) is 3. The van der Waals surface area contributed by atoms with E-state index in [1.54, 1.807) is 6.92 Å². The maximum absolute atomic E-state index is 9.35. The van der Waals surface area contributed by atoms with E-state index in [0.29, 0.717) is 0 Å². The summed E-state index contributed by atoms with van der Waals surface area (Å²) in [6.07, 6.45) is 4.06. The van der Waals surface area contributed by atoms with Crippen molar-refractivity contribution in [1.29, 1.82) is 0 Å². The van der Waals surface area contributed by atoms with Crippen molar-refractivity contribution in [2.24, 2.45) is 0 Å². The lowest BCUT2D eigenvalue weighted by molar-refractivity contribution is 0.0982. The number of aliphatic hydroxyl groups is 2. The minimum atomic E-state index is -0.357. The van der Waals surface area contributed by atoms with Crippen LogP contribution in [0.2, 0.25) is 0 Å². The molecule has 13 heavy (non-hydrogen) atoms. The molecule has 78 valence electrons. The zero-order valence-corrected chi connectivity index (χ0v) is 8.58. The third-order valence-corrected chi connectivity index (χ3v) is 3.12. The van der Waals surface area contributed by atoms with Crippen LogP contribution in [-0.2, 0) is 0 Å². The highest BCUT2D eigenvalue weighted by Crippen LogP contribution is 2.29. The van der Waals surface area contributed by atoms with Gasteiger partial charge in [0.25, 0.3) is 0 Å². The van der Waals surface area contributed by atoms with Crippen molar-refractivity contribution in [3.8, 4) is 0 Å². The van der Waals surface area contributed by atoms with Crippen molar-refractivity contribution in [2.75, 3.05) is 6.61 Å². The molecule has 0 saturated heterocycles. The molecule has 3 N–H and O–H groups in total. The van der Waals surface area contributed by atoms with Crippen LogP contribution in [0, 0.1) is 0 Å². The first kappa shape index (κ1) is 11.0. The fraction of sp³-hybridized carbons (Fsp3) is 1.00. The van der Waals surface area contributed by atoms with Gasteiger partial charge in [-0.05, 0) is 26.7 Å². The summed E-state index contributed by atoms with van der Waals surface area (Å²) in [5.74, 6) is 0. The third-order valence-electron chi connectivity index (χ3n) is 3.12. The van der Waals surface area contributed by atoms with E-state index >= 15 is 0 Å². The van der Waals surface area contributed by atoms with Gasteiger partial charge in [-0.25, -0.2) is 0 Å². The van der Waals surface area contributed by atoms with Gasteiger partial charge in [0.05, 0.1) is 12.7 Å². The molecule has 3 heteroatoms. The molecule has 1 aliphatic rings. The lowest BCUT2D eigenvalue weighted by Gasteiger charge is -2.33. The first-order valence-electron chi connectivity index (χ1n) is 5.16. The largest absolute Gasteiger partial charge is 0.394 e. The molecular weight excluding hydrogens is 166 g/mol. The van der Waals surface area contributed by atoms with Gasteiger partial charge in [-0.15, -0.1) is 0 Å². The van der Waals surface area contributed by atoms with Gasteiger partial charge in [0.15, 0.2) is 0 Å². The lowest BCUT2D eigenvalue weighted by Crippen LogP contribution is -2.53. The predicted molar refractivity (Wildman–Crippen MR) is 52.6 cm³/mol. The summed E-state index contributed by atoms with van der Waals surface area (Å²) in [4.78, 5) is 0. The molecule has 3 nitrogen and oxygen atoms in total. The first-order valence-corrected chi connectivity index (χ1v) is 5.16. The van der Waals surface area contributed by atoms with Gasteiger partial charge in [0.1, 0.15) is 0 Å². The zero-order valence-electron chi connectivity index (χ0n) is 8.58. The van der Waals surface area contributed by atoms with Crippen molar-refractivity contribution in [3.63, 3.8) is 0 Å². The maximum Gasteiger partial charge on any atom is 0.0662 e. The zero-order chi connectivity index (χ0) is 9.90. The van der Waals surface area contributed by atoms with Crippen LogP contribution in [0.25, 0.3) is 0 Å². The lowest BCUT2D eigenvalue weighted by atomic mass is 9.97. The Hall–Kier alpha value is -0.120. The Labute approximate surface area is 80.2 Å². The summed E-state index contributed by atoms with van der Waals surface area (Å²) in [7, 11) is 0. The minimum absolute atomic E-state index is 0.0604. The molecule has 0 aromatic rings. The SMILES string of the molecule is CC(O)C(C)NC1(CO)CCCC1. The Bertz CT molecular complexity index is 153. The van der Waals surface area contributed by atoms with E-state index in [9.17, 15) is 10.2 Å². The van der Waals surface area contributed by atoms with E-state index < -0.39 is 0 Å². The standard InChI is InChI=1S/C10H21NO2/c1-8(9(2)13)11-10(7-12)5-3-4-6-10/h8-9,11-13H,3-7H2,1-2H3. The van der Waals surface area contributed by atoms with Gasteiger partial charge in [-0.2, -0.15) is 0 Å². The van der Waals surface area contributed by atoms with Crippen LogP contribution in [0.5, 0.6) is 0 Å². The number of rotatable bonds is 4. The van der Waals surface area contributed by atoms with Crippen LogP contribution in [0.3, 0.4) is 0 Å². The van der Waals surface area contributed by atoms with Crippen molar-refractivity contribution >= 4 is 0 Å². The second-order valence-electron chi connectivity index (χ2n) is 4.32. The second kappa shape index (κ2) is 4.40. The predicted octanol–water partition coefficient (Wildman–Crippen LogP) is 0.650. The summed E-state index contributed by atoms with van der Waals surface area (Å²) < 4.78 is 0. The van der Waals surface area contributed by atoms with Crippen LogP contribution in [0.4, 0.5) is 0 Å². The van der Waals surface area contributed by atoms with Gasteiger partial charge < -0.3 is 15.5 Å². The van der Waals surface area contributed by atoms with Crippen molar-refractivity contribution in [3.05, 3.63) is 0 Å². The number of hydrogen-bond acceptors (Lipinski definition) is 3. The highest BCUT2D eigenvalue weighted by atomic mass is 16.3. The van der Waals surface area contributed by atoms with E-state index in [-0.39, 0.29) is 24.3 Å². The summed E-state index contributed by atoms with van der Waals surface area (Å²) in [5, 5.41) is 22.0. The molecule has 2 unspecified atom stereocenters. The molecule has 1 saturated carbocycles. The Morgan fingerprint density at radius 3 is 2.23 bits per heavy atom. The second-order valence-corrected chi connectivity index (χ2v) is 4.32. The molecule has 0 heterocycles. The van der Waals surface area contributed by atoms with E-state index in [0.717, 1.165) is 12.8 Å². The minimum Gasteiger partial charge on any atom is -0.394 e. The van der Waals surface area contributed by atoms with Crippen molar-refractivity contribution < 1.29 is 10.2 Å². The molecule has 0 aliphatic heterocycles. The molecule has 0 aromatic carbocycles. The number of nitrogens with one attached hydrogen (secondary N) is 1. The van der Waals surface area contributed by atoms with Crippen LogP contribution in [0.15, 0.2) is 0 Å². The van der Waals surface area contributed by atoms with Gasteiger partial charge in [-0.3, -0.25) is 0 Å². The van der Waals surface area contributed by atoms with Crippen LogP contribution >= 0.6 is 0 Å². The Morgan fingerprint density at radius 1 is 1.31 bits per heavy atom. The molecule has 0 spiro atoms. The molecular formula is C10H21NO2. The normalized spacial score (nSPS) is 25.8. The Morgan fingerprint density at radius 2 is 1.85 bits per heavy atom. The van der Waals surface area contributed by atoms with Gasteiger partial charge in [0, 0.05) is 11.6 Å². The van der Waals surface area contributed by atoms with E-state index in [4.69, 9.17) is 0 Å². The van der Waals surface area contributed by atoms with E-state index in [1.165, 1.54) is 12.8 Å². The fourth-order valence-corrected chi connectivity index (χ4v) is 2.00. The maximum atomic E-state index is 9.35. The highest BCUT2D eigenvalue weighted by Gasteiger charge is 2.34. The highest BCUT2D eigenvalue weighted by molar-refractivity contribution is 4.94. The molecule has 1 rings (SSSR count). The van der Waals surface area contributed by atoms with E-state index in [2.05, 4.69) is 5.32 Å². The summed E-state index contributed by atoms with van der Waals surface area (Å²) in [6.45, 7) is 3.92. The first-order chi connectivity index (χ1) is 6.09. The van der Waals surface area contributed by atoms with Gasteiger partial charge in [-0.1, -0.05) is 12.8 Å². The average Bonchev–Trinajstić information content (AvgIpc) is 2.54. The Kier molecular flexibility index (Phi) is 3.71. The Balaban J connectivity index is 2.48. The molecule has 1 fully saturated rings. The van der Waals surface area contributed by atoms with E-state index in [1.807, 2.05) is 6.92 Å².